The number of nitrogens with one attached hydrogen (secondary N) is 1. The third-order valence-corrected chi connectivity index (χ3v) is 5.40. The number of halogens is 2. The molecule has 0 fully saturated rings. The Hall–Kier alpha value is -0.840. The van der Waals surface area contributed by atoms with Crippen LogP contribution in [0.25, 0.3) is 0 Å². The number of fused-ring (bicyclic) bond motifs is 1. The van der Waals surface area contributed by atoms with Crippen molar-refractivity contribution in [2.24, 2.45) is 0 Å². The topological polar surface area (TPSA) is 12.0 Å². The third-order valence-electron chi connectivity index (χ3n) is 3.51. The Morgan fingerprint density at radius 2 is 2.10 bits per heavy atom. The van der Waals surface area contributed by atoms with Gasteiger partial charge >= 0.3 is 0 Å². The number of benzene rings is 2. The van der Waals surface area contributed by atoms with Crippen LogP contribution >= 0.6 is 27.7 Å². The van der Waals surface area contributed by atoms with E-state index in [0.717, 1.165) is 22.2 Å². The minimum Gasteiger partial charge on any atom is -0.306 e. The lowest BCUT2D eigenvalue weighted by Gasteiger charge is -2.26. The molecule has 0 radical (unpaired) electrons. The molecular formula is C16H15BrFNS. The lowest BCUT2D eigenvalue weighted by atomic mass is 10.0. The highest BCUT2D eigenvalue weighted by atomic mass is 79.9. The van der Waals surface area contributed by atoms with Crippen molar-refractivity contribution in [2.75, 3.05) is 5.75 Å². The molecule has 1 N–H and O–H groups in total. The van der Waals surface area contributed by atoms with Gasteiger partial charge in [-0.2, -0.15) is 0 Å². The van der Waals surface area contributed by atoms with Gasteiger partial charge in [0.25, 0.3) is 0 Å². The minimum atomic E-state index is -0.190. The molecule has 0 amide bonds. The summed E-state index contributed by atoms with van der Waals surface area (Å²) in [5, 5.41) is 3.55. The molecule has 0 aliphatic carbocycles. The van der Waals surface area contributed by atoms with Crippen LogP contribution in [0.5, 0.6) is 0 Å². The number of rotatable bonds is 3. The Morgan fingerprint density at radius 1 is 1.25 bits per heavy atom. The molecule has 1 aliphatic rings. The summed E-state index contributed by atoms with van der Waals surface area (Å²) >= 11 is 5.39. The van der Waals surface area contributed by atoms with Crippen molar-refractivity contribution in [1.29, 1.82) is 0 Å². The first-order chi connectivity index (χ1) is 9.74. The van der Waals surface area contributed by atoms with Crippen LogP contribution in [-0.4, -0.2) is 5.75 Å². The Balaban J connectivity index is 1.75. The summed E-state index contributed by atoms with van der Waals surface area (Å²) in [6, 6.07) is 13.7. The molecule has 2 aromatic carbocycles. The van der Waals surface area contributed by atoms with E-state index in [-0.39, 0.29) is 5.82 Å². The molecule has 1 unspecified atom stereocenters. The van der Waals surface area contributed by atoms with Gasteiger partial charge in [0.15, 0.2) is 0 Å². The van der Waals surface area contributed by atoms with Gasteiger partial charge in [-0.05, 0) is 47.6 Å². The van der Waals surface area contributed by atoms with E-state index in [1.165, 1.54) is 16.5 Å². The van der Waals surface area contributed by atoms with Crippen LogP contribution in [0.15, 0.2) is 51.8 Å². The van der Waals surface area contributed by atoms with Crippen molar-refractivity contribution in [1.82, 2.24) is 5.32 Å². The average Bonchev–Trinajstić information content (AvgIpc) is 2.48. The lowest BCUT2D eigenvalue weighted by molar-refractivity contribution is 0.507. The third kappa shape index (κ3) is 3.08. The maximum Gasteiger partial charge on any atom is 0.123 e. The van der Waals surface area contributed by atoms with Gasteiger partial charge < -0.3 is 5.32 Å². The van der Waals surface area contributed by atoms with Crippen LogP contribution in [-0.2, 0) is 6.54 Å². The molecule has 1 atom stereocenters. The maximum absolute atomic E-state index is 13.3. The molecule has 20 heavy (non-hydrogen) atoms. The zero-order valence-electron chi connectivity index (χ0n) is 10.9. The molecule has 0 spiro atoms. The van der Waals surface area contributed by atoms with Crippen molar-refractivity contribution in [3.8, 4) is 0 Å². The first kappa shape index (κ1) is 14.1. The van der Waals surface area contributed by atoms with Gasteiger partial charge in [0.1, 0.15) is 5.82 Å². The Morgan fingerprint density at radius 3 is 3.00 bits per heavy atom. The predicted molar refractivity (Wildman–Crippen MR) is 85.5 cm³/mol. The second-order valence-electron chi connectivity index (χ2n) is 4.84. The summed E-state index contributed by atoms with van der Waals surface area (Å²) in [5.74, 6) is 0.934. The molecule has 0 aromatic heterocycles. The summed E-state index contributed by atoms with van der Waals surface area (Å²) in [6.45, 7) is 0.669. The monoisotopic (exact) mass is 351 g/mol. The van der Waals surface area contributed by atoms with E-state index in [2.05, 4.69) is 45.5 Å². The highest BCUT2D eigenvalue weighted by molar-refractivity contribution is 9.10. The van der Waals surface area contributed by atoms with Crippen molar-refractivity contribution < 1.29 is 4.39 Å². The van der Waals surface area contributed by atoms with E-state index >= 15 is 0 Å². The fraction of sp³-hybridized carbons (Fsp3) is 0.250. The smallest absolute Gasteiger partial charge is 0.123 e. The van der Waals surface area contributed by atoms with Crippen molar-refractivity contribution >= 4 is 27.7 Å². The summed E-state index contributed by atoms with van der Waals surface area (Å²) in [6.07, 6.45) is 1.11. The maximum atomic E-state index is 13.3. The molecule has 1 aliphatic heterocycles. The molecule has 1 nitrogen and oxygen atoms in total. The van der Waals surface area contributed by atoms with Crippen LogP contribution in [0.3, 0.4) is 0 Å². The van der Waals surface area contributed by atoms with Gasteiger partial charge in [-0.1, -0.05) is 34.1 Å². The molecule has 0 bridgehead atoms. The molecule has 0 saturated heterocycles. The van der Waals surface area contributed by atoms with Gasteiger partial charge in [-0.3, -0.25) is 0 Å². The highest BCUT2D eigenvalue weighted by Gasteiger charge is 2.19. The van der Waals surface area contributed by atoms with Gasteiger partial charge in [0.05, 0.1) is 0 Å². The van der Waals surface area contributed by atoms with Crippen LogP contribution in [0, 0.1) is 5.82 Å². The zero-order chi connectivity index (χ0) is 13.9. The standard InChI is InChI=1S/C16H15BrFNS/c17-14-6-5-12(18)9-11(14)10-19-15-7-8-20-16-4-2-1-3-13(15)16/h1-6,9,15,19H,7-8,10H2. The molecule has 104 valence electrons. The Kier molecular flexibility index (Phi) is 4.44. The highest BCUT2D eigenvalue weighted by Crippen LogP contribution is 2.36. The number of thioether (sulfide) groups is 1. The van der Waals surface area contributed by atoms with Gasteiger partial charge in [-0.25, -0.2) is 4.39 Å². The Labute approximate surface area is 131 Å². The van der Waals surface area contributed by atoms with Crippen molar-refractivity contribution in [3.63, 3.8) is 0 Å². The van der Waals surface area contributed by atoms with Crippen LogP contribution < -0.4 is 5.32 Å². The normalized spacial score (nSPS) is 17.8. The van der Waals surface area contributed by atoms with Crippen molar-refractivity contribution in [3.05, 3.63) is 63.9 Å². The largest absolute Gasteiger partial charge is 0.306 e. The van der Waals surface area contributed by atoms with Crippen molar-refractivity contribution in [2.45, 2.75) is 23.9 Å². The lowest BCUT2D eigenvalue weighted by Crippen LogP contribution is -2.24. The predicted octanol–water partition coefficient (Wildman–Crippen LogP) is 4.91. The molecular weight excluding hydrogens is 337 g/mol. The second kappa shape index (κ2) is 6.29. The number of hydrogen-bond donors (Lipinski definition) is 1. The summed E-state index contributed by atoms with van der Waals surface area (Å²) < 4.78 is 14.2. The summed E-state index contributed by atoms with van der Waals surface area (Å²) in [5.41, 5.74) is 2.32. The molecule has 0 saturated carbocycles. The Bertz CT molecular complexity index is 617. The quantitative estimate of drug-likeness (QED) is 0.842. The minimum absolute atomic E-state index is 0.190. The van der Waals surface area contributed by atoms with Crippen LogP contribution in [0.1, 0.15) is 23.6 Å². The van der Waals surface area contributed by atoms with E-state index in [1.54, 1.807) is 12.1 Å². The zero-order valence-corrected chi connectivity index (χ0v) is 13.3. The van der Waals surface area contributed by atoms with Gasteiger partial charge in [0.2, 0.25) is 0 Å². The summed E-state index contributed by atoms with van der Waals surface area (Å²) in [7, 11) is 0. The van der Waals surface area contributed by atoms with Crippen LogP contribution in [0.4, 0.5) is 4.39 Å². The van der Waals surface area contributed by atoms with E-state index in [0.29, 0.717) is 12.6 Å². The molecule has 4 heteroatoms. The second-order valence-corrected chi connectivity index (χ2v) is 6.84. The number of hydrogen-bond acceptors (Lipinski definition) is 2. The SMILES string of the molecule is Fc1ccc(Br)c(CNC2CCSc3ccccc32)c1. The first-order valence-corrected chi connectivity index (χ1v) is 8.41. The first-order valence-electron chi connectivity index (χ1n) is 6.63. The van der Waals surface area contributed by atoms with Gasteiger partial charge in [-0.15, -0.1) is 11.8 Å². The summed E-state index contributed by atoms with van der Waals surface area (Å²) in [4.78, 5) is 1.36. The van der Waals surface area contributed by atoms with E-state index in [1.807, 2.05) is 11.8 Å². The van der Waals surface area contributed by atoms with E-state index in [4.69, 9.17) is 0 Å². The molecule has 3 rings (SSSR count). The molecule has 2 aromatic rings. The van der Waals surface area contributed by atoms with E-state index < -0.39 is 0 Å². The average molecular weight is 352 g/mol. The van der Waals surface area contributed by atoms with E-state index in [9.17, 15) is 4.39 Å². The fourth-order valence-electron chi connectivity index (χ4n) is 2.47. The van der Waals surface area contributed by atoms with Crippen LogP contribution in [0.2, 0.25) is 0 Å². The fourth-order valence-corrected chi connectivity index (χ4v) is 3.98. The molecule has 1 heterocycles. The van der Waals surface area contributed by atoms with Gasteiger partial charge in [0, 0.05) is 22.0 Å².